The fourth-order valence-corrected chi connectivity index (χ4v) is 0.981. The lowest BCUT2D eigenvalue weighted by Gasteiger charge is -2.09. The molecule has 1 fully saturated rings. The van der Waals surface area contributed by atoms with Crippen molar-refractivity contribution in [3.05, 3.63) is 18.1 Å². The van der Waals surface area contributed by atoms with Gasteiger partial charge in [0, 0.05) is 0 Å². The maximum atomic E-state index is 5.52. The molecule has 1 atom stereocenters. The summed E-state index contributed by atoms with van der Waals surface area (Å²) >= 11 is 0. The highest BCUT2D eigenvalue weighted by molar-refractivity contribution is 5.74. The van der Waals surface area contributed by atoms with Crippen molar-refractivity contribution in [3.63, 3.8) is 0 Å². The van der Waals surface area contributed by atoms with Crippen molar-refractivity contribution in [2.75, 3.05) is 11.6 Å². The highest BCUT2D eigenvalue weighted by atomic mass is 16.6. The van der Waals surface area contributed by atoms with Crippen molar-refractivity contribution in [1.82, 2.24) is 9.97 Å². The van der Waals surface area contributed by atoms with Gasteiger partial charge < -0.3 is 10.6 Å². The lowest BCUT2D eigenvalue weighted by atomic mass is 10.3. The van der Waals surface area contributed by atoms with E-state index in [1.807, 2.05) is 0 Å². The van der Waals surface area contributed by atoms with E-state index in [1.165, 1.54) is 11.3 Å². The smallest absolute Gasteiger partial charge is 0.166 e. The summed E-state index contributed by atoms with van der Waals surface area (Å²) in [6.45, 7) is 0.713. The zero-order chi connectivity index (χ0) is 9.97. The van der Waals surface area contributed by atoms with Crippen LogP contribution in [0.5, 0.6) is 0 Å². The Morgan fingerprint density at radius 3 is 2.86 bits per heavy atom. The summed E-state index contributed by atoms with van der Waals surface area (Å²) < 4.78 is 5.05. The number of ether oxygens (including phenoxy) is 1. The molecule has 2 heterocycles. The van der Waals surface area contributed by atoms with Crippen LogP contribution in [0.4, 0.5) is 5.82 Å². The second-order valence-electron chi connectivity index (χ2n) is 2.79. The second kappa shape index (κ2) is 3.56. The molecule has 1 aliphatic rings. The van der Waals surface area contributed by atoms with Crippen molar-refractivity contribution in [2.24, 2.45) is 16.8 Å². The third-order valence-electron chi connectivity index (χ3n) is 1.78. The van der Waals surface area contributed by atoms with Crippen LogP contribution in [0.15, 0.2) is 17.5 Å². The number of rotatable bonds is 3. The van der Waals surface area contributed by atoms with Gasteiger partial charge in [-0.05, 0) is 0 Å². The van der Waals surface area contributed by atoms with E-state index in [4.69, 9.17) is 16.4 Å². The fourth-order valence-electron chi connectivity index (χ4n) is 0.981. The number of hydrazine groups is 1. The molecular weight excluding hydrogens is 184 g/mol. The Labute approximate surface area is 80.3 Å². The predicted octanol–water partition coefficient (Wildman–Crippen LogP) is -0.870. The summed E-state index contributed by atoms with van der Waals surface area (Å²) in [4.78, 5) is 8.20. The molecule has 1 aromatic heterocycles. The van der Waals surface area contributed by atoms with Gasteiger partial charge in [0.2, 0.25) is 0 Å². The molecule has 1 saturated heterocycles. The minimum Gasteiger partial charge on any atom is -0.366 e. The van der Waals surface area contributed by atoms with E-state index in [1.54, 1.807) is 12.4 Å². The number of hydrogen-bond donors (Lipinski definition) is 2. The number of epoxide rings is 1. The summed E-state index contributed by atoms with van der Waals surface area (Å²) in [7, 11) is 0. The van der Waals surface area contributed by atoms with Crippen molar-refractivity contribution >= 4 is 12.2 Å². The molecule has 7 heteroatoms. The molecule has 74 valence electrons. The summed E-state index contributed by atoms with van der Waals surface area (Å²) in [5, 5.41) is 4.45. The highest BCUT2D eigenvalue weighted by Crippen LogP contribution is 2.27. The third-order valence-corrected chi connectivity index (χ3v) is 1.78. The quantitative estimate of drug-likeness (QED) is 0.213. The molecule has 1 unspecified atom stereocenters. The molecule has 0 aliphatic carbocycles. The van der Waals surface area contributed by atoms with E-state index in [9.17, 15) is 0 Å². The Bertz CT molecular complexity index is 333. The van der Waals surface area contributed by atoms with Crippen LogP contribution in [0.1, 0.15) is 11.8 Å². The average molecular weight is 194 g/mol. The van der Waals surface area contributed by atoms with Gasteiger partial charge in [-0.25, -0.2) is 15.8 Å². The molecule has 0 spiro atoms. The highest BCUT2D eigenvalue weighted by Gasteiger charge is 2.26. The molecule has 7 nitrogen and oxygen atoms in total. The lowest BCUT2D eigenvalue weighted by molar-refractivity contribution is 0.411. The molecule has 4 N–H and O–H groups in total. The number of nitrogens with two attached hydrogens (primary N) is 2. The van der Waals surface area contributed by atoms with Gasteiger partial charge in [-0.15, -0.1) is 0 Å². The molecule has 0 amide bonds. The SMILES string of the molecule is N/N=C\N(N)c1cnc(C2CO2)cn1. The van der Waals surface area contributed by atoms with Crippen LogP contribution in [0.25, 0.3) is 0 Å². The first-order valence-corrected chi connectivity index (χ1v) is 4.02. The van der Waals surface area contributed by atoms with E-state index in [-0.39, 0.29) is 6.10 Å². The minimum atomic E-state index is 0.103. The summed E-state index contributed by atoms with van der Waals surface area (Å²) in [6, 6.07) is 0. The predicted molar refractivity (Wildman–Crippen MR) is 50.1 cm³/mol. The van der Waals surface area contributed by atoms with Gasteiger partial charge in [-0.3, -0.25) is 4.98 Å². The molecule has 14 heavy (non-hydrogen) atoms. The van der Waals surface area contributed by atoms with E-state index < -0.39 is 0 Å². The lowest BCUT2D eigenvalue weighted by Crippen LogP contribution is -2.30. The second-order valence-corrected chi connectivity index (χ2v) is 2.79. The Morgan fingerprint density at radius 2 is 2.36 bits per heavy atom. The van der Waals surface area contributed by atoms with E-state index in [0.29, 0.717) is 12.4 Å². The molecule has 0 aromatic carbocycles. The first-order valence-electron chi connectivity index (χ1n) is 4.02. The largest absolute Gasteiger partial charge is 0.366 e. The molecular formula is C7H10N6O. The van der Waals surface area contributed by atoms with Crippen LogP contribution in [0.2, 0.25) is 0 Å². The van der Waals surface area contributed by atoms with Crippen LogP contribution < -0.4 is 16.7 Å². The number of aromatic nitrogens is 2. The van der Waals surface area contributed by atoms with E-state index in [0.717, 1.165) is 5.69 Å². The van der Waals surface area contributed by atoms with Gasteiger partial charge in [-0.1, -0.05) is 0 Å². The molecule has 0 saturated carbocycles. The molecule has 0 bridgehead atoms. The van der Waals surface area contributed by atoms with Gasteiger partial charge in [0.25, 0.3) is 0 Å². The first kappa shape index (κ1) is 8.85. The van der Waals surface area contributed by atoms with Crippen LogP contribution >= 0.6 is 0 Å². The Kier molecular flexibility index (Phi) is 2.25. The third kappa shape index (κ3) is 1.78. The maximum absolute atomic E-state index is 5.52. The van der Waals surface area contributed by atoms with Crippen LogP contribution in [0.3, 0.4) is 0 Å². The van der Waals surface area contributed by atoms with Crippen molar-refractivity contribution in [3.8, 4) is 0 Å². The van der Waals surface area contributed by atoms with Gasteiger partial charge in [0.05, 0.1) is 24.7 Å². The van der Waals surface area contributed by atoms with E-state index >= 15 is 0 Å². The Hall–Kier alpha value is -1.73. The van der Waals surface area contributed by atoms with Crippen molar-refractivity contribution < 1.29 is 4.74 Å². The van der Waals surface area contributed by atoms with Gasteiger partial charge >= 0.3 is 0 Å². The zero-order valence-electron chi connectivity index (χ0n) is 7.37. The molecule has 1 aliphatic heterocycles. The van der Waals surface area contributed by atoms with Crippen LogP contribution in [-0.2, 0) is 4.74 Å². The normalized spacial score (nSPS) is 19.9. The fraction of sp³-hybridized carbons (Fsp3) is 0.286. The number of hydrazone groups is 1. The number of nitrogens with zero attached hydrogens (tertiary/aromatic N) is 4. The average Bonchev–Trinajstić information content (AvgIpc) is 3.02. The van der Waals surface area contributed by atoms with Crippen LogP contribution in [0, 0.1) is 0 Å². The van der Waals surface area contributed by atoms with E-state index in [2.05, 4.69) is 15.1 Å². The monoisotopic (exact) mass is 194 g/mol. The van der Waals surface area contributed by atoms with Gasteiger partial charge in [-0.2, -0.15) is 5.10 Å². The standard InChI is InChI=1S/C7H10N6O/c8-12-4-13(9)7-2-10-5(1-11-7)6-3-14-6/h1-2,4,6H,3,8-9H2/b12-4-. The Morgan fingerprint density at radius 1 is 1.57 bits per heavy atom. The van der Waals surface area contributed by atoms with Crippen molar-refractivity contribution in [2.45, 2.75) is 6.10 Å². The minimum absolute atomic E-state index is 0.103. The number of hydrogen-bond acceptors (Lipinski definition) is 6. The molecule has 2 rings (SSSR count). The molecule has 1 aromatic rings. The topological polar surface area (TPSA) is 106 Å². The Balaban J connectivity index is 2.12. The maximum Gasteiger partial charge on any atom is 0.166 e. The zero-order valence-corrected chi connectivity index (χ0v) is 7.37. The summed E-state index contributed by atoms with van der Waals surface area (Å²) in [6.07, 6.45) is 4.51. The van der Waals surface area contributed by atoms with Gasteiger partial charge in [0.15, 0.2) is 5.82 Å². The number of anilines is 1. The summed E-state index contributed by atoms with van der Waals surface area (Å²) in [5.41, 5.74) is 0.812. The van der Waals surface area contributed by atoms with Crippen LogP contribution in [-0.4, -0.2) is 22.9 Å². The van der Waals surface area contributed by atoms with Crippen molar-refractivity contribution in [1.29, 1.82) is 0 Å². The first-order chi connectivity index (χ1) is 6.81. The summed E-state index contributed by atoms with van der Waals surface area (Å²) in [5.74, 6) is 10.9. The van der Waals surface area contributed by atoms with Gasteiger partial charge in [0.1, 0.15) is 12.4 Å². The molecule has 0 radical (unpaired) electrons.